The highest BCUT2D eigenvalue weighted by molar-refractivity contribution is 4.64. The lowest BCUT2D eigenvalue weighted by Gasteiger charge is -2.48. The molecule has 0 unspecified atom stereocenters. The highest BCUT2D eigenvalue weighted by Gasteiger charge is 2.47. The normalized spacial score (nSPS) is 32.0. The highest BCUT2D eigenvalue weighted by atomic mass is 16.8. The van der Waals surface area contributed by atoms with Crippen LogP contribution < -0.4 is 0 Å². The molecule has 1 aliphatic heterocycles. The first-order valence-electron chi connectivity index (χ1n) is 5.86. The second-order valence-electron chi connectivity index (χ2n) is 3.37. The minimum absolute atomic E-state index is 0.226. The number of nitrogens with zero attached hydrogens (tertiary/aromatic N) is 3. The Morgan fingerprint density at radius 1 is 0.667 bits per heavy atom. The third-order valence-electron chi connectivity index (χ3n) is 2.20. The van der Waals surface area contributed by atoms with Gasteiger partial charge in [0.2, 0.25) is 19.1 Å². The van der Waals surface area contributed by atoms with Gasteiger partial charge >= 0.3 is 0 Å². The summed E-state index contributed by atoms with van der Waals surface area (Å²) in [6, 6.07) is 0. The van der Waals surface area contributed by atoms with E-state index in [2.05, 4.69) is 0 Å². The molecule has 0 saturated carbocycles. The summed E-state index contributed by atoms with van der Waals surface area (Å²) >= 11 is 0. The summed E-state index contributed by atoms with van der Waals surface area (Å²) in [5, 5.41) is 32.3. The van der Waals surface area contributed by atoms with Crippen molar-refractivity contribution in [1.29, 1.82) is 0 Å². The number of aliphatic hydroxyl groups excluding tert-OH is 3. The second-order valence-corrected chi connectivity index (χ2v) is 3.37. The molecule has 9 nitrogen and oxygen atoms in total. The van der Waals surface area contributed by atoms with E-state index in [1.54, 1.807) is 20.8 Å². The van der Waals surface area contributed by atoms with Crippen molar-refractivity contribution < 1.29 is 29.8 Å². The fourth-order valence-electron chi connectivity index (χ4n) is 1.54. The lowest BCUT2D eigenvalue weighted by Crippen LogP contribution is -2.70. The van der Waals surface area contributed by atoms with Crippen molar-refractivity contribution in [3.05, 3.63) is 0 Å². The molecule has 108 valence electrons. The molecule has 3 N–H and O–H groups in total. The average Bonchev–Trinajstić information content (AvgIpc) is 2.35. The largest absolute Gasteiger partial charge is 0.362 e. The molecule has 0 aliphatic carbocycles. The van der Waals surface area contributed by atoms with Crippen LogP contribution >= 0.6 is 0 Å². The Bertz CT molecular complexity index is 196. The van der Waals surface area contributed by atoms with Gasteiger partial charge in [-0.05, 0) is 20.8 Å². The summed E-state index contributed by atoms with van der Waals surface area (Å²) in [5.74, 6) is 0. The van der Waals surface area contributed by atoms with Gasteiger partial charge in [0.25, 0.3) is 0 Å². The minimum atomic E-state index is -1.45. The fourth-order valence-corrected chi connectivity index (χ4v) is 1.54. The molecular formula is C9H21N3O6. The lowest BCUT2D eigenvalue weighted by atomic mass is 10.6. The van der Waals surface area contributed by atoms with Gasteiger partial charge in [0.1, 0.15) is 0 Å². The topological polar surface area (TPSA) is 98.1 Å². The van der Waals surface area contributed by atoms with Gasteiger partial charge in [-0.25, -0.2) is 0 Å². The van der Waals surface area contributed by atoms with Gasteiger partial charge in [-0.3, -0.25) is 14.5 Å². The number of hydrogen-bond donors (Lipinski definition) is 3. The minimum Gasteiger partial charge on any atom is -0.362 e. The Balaban J connectivity index is 2.86. The van der Waals surface area contributed by atoms with Gasteiger partial charge in [0.05, 0.1) is 19.8 Å². The standard InChI is InChI=1S/C9H21N3O6/c1-4-16-10-7(13)11(17-5-2)9(15)12(8(10)14)18-6-3/h7-9,13-15H,4-6H2,1-3H3. The Hall–Kier alpha value is -0.360. The molecule has 1 heterocycles. The summed E-state index contributed by atoms with van der Waals surface area (Å²) < 4.78 is 0. The fraction of sp³-hybridized carbons (Fsp3) is 1.00. The first-order chi connectivity index (χ1) is 8.58. The quantitative estimate of drug-likeness (QED) is 0.536. The molecule has 0 atom stereocenters. The van der Waals surface area contributed by atoms with E-state index in [9.17, 15) is 15.3 Å². The van der Waals surface area contributed by atoms with Gasteiger partial charge in [-0.15, -0.1) is 0 Å². The SMILES string of the molecule is CCON1C(O)N(OCC)C(O)N(OCC)C1O. The Labute approximate surface area is 106 Å². The molecular weight excluding hydrogens is 246 g/mol. The van der Waals surface area contributed by atoms with Crippen molar-refractivity contribution >= 4 is 0 Å². The van der Waals surface area contributed by atoms with Crippen LogP contribution in [0.25, 0.3) is 0 Å². The summed E-state index contributed by atoms with van der Waals surface area (Å²) in [4.78, 5) is 15.3. The van der Waals surface area contributed by atoms with Crippen LogP contribution in [0.15, 0.2) is 0 Å². The van der Waals surface area contributed by atoms with E-state index < -0.39 is 19.1 Å². The lowest BCUT2D eigenvalue weighted by molar-refractivity contribution is -0.529. The molecule has 0 aromatic heterocycles. The molecule has 0 bridgehead atoms. The number of aliphatic hydroxyl groups is 3. The molecule has 0 amide bonds. The van der Waals surface area contributed by atoms with E-state index in [0.29, 0.717) is 0 Å². The maximum Gasteiger partial charge on any atom is 0.218 e. The van der Waals surface area contributed by atoms with Crippen molar-refractivity contribution in [2.24, 2.45) is 0 Å². The van der Waals surface area contributed by atoms with Crippen LogP contribution in [0.5, 0.6) is 0 Å². The van der Waals surface area contributed by atoms with Gasteiger partial charge in [-0.2, -0.15) is 0 Å². The predicted molar refractivity (Wildman–Crippen MR) is 58.4 cm³/mol. The molecule has 0 spiro atoms. The Morgan fingerprint density at radius 3 is 1.06 bits per heavy atom. The predicted octanol–water partition coefficient (Wildman–Crippen LogP) is -1.41. The van der Waals surface area contributed by atoms with E-state index in [1.807, 2.05) is 0 Å². The molecule has 1 rings (SSSR count). The van der Waals surface area contributed by atoms with Gasteiger partial charge in [0.15, 0.2) is 0 Å². The number of rotatable bonds is 6. The van der Waals surface area contributed by atoms with E-state index in [-0.39, 0.29) is 19.8 Å². The van der Waals surface area contributed by atoms with Crippen LogP contribution in [0.1, 0.15) is 20.8 Å². The molecule has 9 heteroatoms. The summed E-state index contributed by atoms with van der Waals surface area (Å²) in [6.07, 6.45) is -4.36. The first-order valence-corrected chi connectivity index (χ1v) is 5.86. The third-order valence-corrected chi connectivity index (χ3v) is 2.20. The zero-order valence-corrected chi connectivity index (χ0v) is 10.8. The number of hydrogen-bond acceptors (Lipinski definition) is 9. The molecule has 18 heavy (non-hydrogen) atoms. The van der Waals surface area contributed by atoms with Gasteiger partial charge in [0, 0.05) is 0 Å². The molecule has 0 aromatic rings. The van der Waals surface area contributed by atoms with Crippen molar-refractivity contribution in [2.45, 2.75) is 39.8 Å². The van der Waals surface area contributed by atoms with Gasteiger partial charge in [-0.1, -0.05) is 15.2 Å². The first kappa shape index (κ1) is 15.7. The van der Waals surface area contributed by atoms with Crippen LogP contribution in [-0.2, 0) is 14.5 Å². The Kier molecular flexibility index (Phi) is 6.35. The van der Waals surface area contributed by atoms with E-state index in [1.165, 1.54) is 0 Å². The van der Waals surface area contributed by atoms with Crippen molar-refractivity contribution in [3.8, 4) is 0 Å². The van der Waals surface area contributed by atoms with Crippen molar-refractivity contribution in [2.75, 3.05) is 19.8 Å². The number of hydroxylamine groups is 6. The highest BCUT2D eigenvalue weighted by Crippen LogP contribution is 2.23. The van der Waals surface area contributed by atoms with Crippen molar-refractivity contribution in [3.63, 3.8) is 0 Å². The average molecular weight is 267 g/mol. The van der Waals surface area contributed by atoms with Crippen molar-refractivity contribution in [1.82, 2.24) is 15.2 Å². The van der Waals surface area contributed by atoms with Gasteiger partial charge < -0.3 is 15.3 Å². The zero-order valence-electron chi connectivity index (χ0n) is 10.8. The van der Waals surface area contributed by atoms with Crippen LogP contribution in [-0.4, -0.2) is 69.4 Å². The summed E-state index contributed by atoms with van der Waals surface area (Å²) in [6.45, 7) is 5.76. The second kappa shape index (κ2) is 7.28. The van der Waals surface area contributed by atoms with Crippen LogP contribution in [0.4, 0.5) is 0 Å². The van der Waals surface area contributed by atoms with E-state index in [0.717, 1.165) is 15.2 Å². The smallest absolute Gasteiger partial charge is 0.218 e. The van der Waals surface area contributed by atoms with Crippen LogP contribution in [0.3, 0.4) is 0 Å². The molecule has 1 aliphatic rings. The zero-order chi connectivity index (χ0) is 13.7. The summed E-state index contributed by atoms with van der Waals surface area (Å²) in [5.41, 5.74) is 0. The van der Waals surface area contributed by atoms with Crippen LogP contribution in [0, 0.1) is 0 Å². The molecule has 0 radical (unpaired) electrons. The monoisotopic (exact) mass is 267 g/mol. The Morgan fingerprint density at radius 2 is 0.889 bits per heavy atom. The molecule has 1 fully saturated rings. The molecule has 1 saturated heterocycles. The maximum atomic E-state index is 9.92. The third kappa shape index (κ3) is 3.15. The molecule has 0 aromatic carbocycles. The summed E-state index contributed by atoms with van der Waals surface area (Å²) in [7, 11) is 0. The maximum absolute atomic E-state index is 9.92. The van der Waals surface area contributed by atoms with E-state index >= 15 is 0 Å². The van der Waals surface area contributed by atoms with E-state index in [4.69, 9.17) is 14.5 Å². The van der Waals surface area contributed by atoms with Crippen LogP contribution in [0.2, 0.25) is 0 Å².